The molecule has 0 amide bonds. The summed E-state index contributed by atoms with van der Waals surface area (Å²) in [6.07, 6.45) is 2.25. The highest BCUT2D eigenvalue weighted by Gasteiger charge is 2.33. The summed E-state index contributed by atoms with van der Waals surface area (Å²) >= 11 is 3.31. The third-order valence-electron chi connectivity index (χ3n) is 5.01. The Bertz CT molecular complexity index is 1080. The molecular weight excluding hydrogens is 452 g/mol. The Morgan fingerprint density at radius 2 is 1.41 bits per heavy atom. The van der Waals surface area contributed by atoms with Crippen LogP contribution < -0.4 is 4.31 Å². The number of hydrogen-bond acceptors (Lipinski definition) is 4. The summed E-state index contributed by atoms with van der Waals surface area (Å²) in [5.74, 6) is 0. The topological polar surface area (TPSA) is 74.8 Å². The van der Waals surface area contributed by atoms with Crippen LogP contribution in [0.2, 0.25) is 0 Å². The highest BCUT2D eigenvalue weighted by molar-refractivity contribution is 9.10. The highest BCUT2D eigenvalue weighted by atomic mass is 79.9. The first-order valence-electron chi connectivity index (χ1n) is 8.71. The van der Waals surface area contributed by atoms with Gasteiger partial charge in [-0.3, -0.25) is 4.31 Å². The largest absolute Gasteiger partial charge is 0.266 e. The fraction of sp³-hybridized carbons (Fsp3) is 0.333. The summed E-state index contributed by atoms with van der Waals surface area (Å²) in [6, 6.07) is 11.3. The average molecular weight is 471 g/mol. The fourth-order valence-corrected chi connectivity index (χ4v) is 6.91. The normalized spacial score (nSPS) is 18.0. The van der Waals surface area contributed by atoms with Gasteiger partial charge in [-0.05, 0) is 67.3 Å². The fourth-order valence-electron chi connectivity index (χ4n) is 3.57. The van der Waals surface area contributed by atoms with E-state index in [9.17, 15) is 16.8 Å². The Hall–Kier alpha value is -1.42. The van der Waals surface area contributed by atoms with Crippen molar-refractivity contribution >= 4 is 41.7 Å². The maximum atomic E-state index is 13.0. The Morgan fingerprint density at radius 3 is 2.07 bits per heavy atom. The van der Waals surface area contributed by atoms with Crippen molar-refractivity contribution in [3.8, 4) is 0 Å². The molecule has 2 aromatic rings. The lowest BCUT2D eigenvalue weighted by Gasteiger charge is -2.20. The van der Waals surface area contributed by atoms with Crippen LogP contribution in [0.25, 0.3) is 0 Å². The molecule has 0 saturated carbocycles. The summed E-state index contributed by atoms with van der Waals surface area (Å²) in [5.41, 5.74) is 1.30. The molecule has 9 heteroatoms. The molecule has 0 bridgehead atoms. The van der Waals surface area contributed by atoms with E-state index in [0.717, 1.165) is 22.9 Å². The van der Waals surface area contributed by atoms with Crippen molar-refractivity contribution in [2.75, 3.05) is 23.9 Å². The van der Waals surface area contributed by atoms with E-state index in [1.54, 1.807) is 36.4 Å². The van der Waals surface area contributed by atoms with E-state index in [2.05, 4.69) is 15.9 Å². The van der Waals surface area contributed by atoms with Gasteiger partial charge in [0.05, 0.1) is 15.5 Å². The van der Waals surface area contributed by atoms with Crippen molar-refractivity contribution < 1.29 is 16.8 Å². The number of halogens is 1. The van der Waals surface area contributed by atoms with Gasteiger partial charge < -0.3 is 0 Å². The smallest absolute Gasteiger partial charge is 0.264 e. The zero-order valence-corrected chi connectivity index (χ0v) is 17.7. The van der Waals surface area contributed by atoms with Gasteiger partial charge in [-0.1, -0.05) is 15.9 Å². The molecule has 6 nitrogen and oxygen atoms in total. The third-order valence-corrected chi connectivity index (χ3v) is 9.26. The van der Waals surface area contributed by atoms with Crippen LogP contribution in [-0.2, 0) is 26.5 Å². The summed E-state index contributed by atoms with van der Waals surface area (Å²) in [4.78, 5) is 0.457. The highest BCUT2D eigenvalue weighted by Crippen LogP contribution is 2.35. The van der Waals surface area contributed by atoms with Crippen LogP contribution in [-0.4, -0.2) is 40.8 Å². The van der Waals surface area contributed by atoms with Gasteiger partial charge in [0.15, 0.2) is 0 Å². The van der Waals surface area contributed by atoms with E-state index in [-0.39, 0.29) is 9.79 Å². The molecule has 0 atom stereocenters. The van der Waals surface area contributed by atoms with Crippen LogP contribution >= 0.6 is 15.9 Å². The lowest BCUT2D eigenvalue weighted by Crippen LogP contribution is -2.29. The molecule has 1 saturated heterocycles. The molecule has 2 aliphatic heterocycles. The predicted octanol–water partition coefficient (Wildman–Crippen LogP) is 2.99. The van der Waals surface area contributed by atoms with Crippen molar-refractivity contribution in [2.45, 2.75) is 29.1 Å². The van der Waals surface area contributed by atoms with Gasteiger partial charge in [-0.25, -0.2) is 16.8 Å². The summed E-state index contributed by atoms with van der Waals surface area (Å²) < 4.78 is 55.1. The first kappa shape index (κ1) is 18.9. The van der Waals surface area contributed by atoms with Crippen LogP contribution in [0.15, 0.2) is 56.7 Å². The van der Waals surface area contributed by atoms with E-state index in [1.165, 1.54) is 14.7 Å². The van der Waals surface area contributed by atoms with Crippen molar-refractivity contribution in [1.29, 1.82) is 0 Å². The molecule has 4 rings (SSSR count). The standard InChI is InChI=1S/C18H19BrN2O4S2/c19-15-3-5-16(6-4-15)27(24,25)21-12-9-14-13-17(7-8-18(14)21)26(22,23)20-10-1-2-11-20/h3-8,13H,1-2,9-12H2. The number of nitrogens with zero attached hydrogens (tertiary/aromatic N) is 2. The zero-order chi connectivity index (χ0) is 19.2. The van der Waals surface area contributed by atoms with Crippen LogP contribution in [0.1, 0.15) is 18.4 Å². The second-order valence-electron chi connectivity index (χ2n) is 6.68. The Balaban J connectivity index is 1.68. The molecular formula is C18H19BrN2O4S2. The quantitative estimate of drug-likeness (QED) is 0.688. The number of sulfonamides is 2. The maximum absolute atomic E-state index is 13.0. The SMILES string of the molecule is O=S(=O)(c1ccc2c(c1)CCN2S(=O)(=O)c1ccc(Br)cc1)N1CCCC1. The number of rotatable bonds is 4. The molecule has 0 aliphatic carbocycles. The maximum Gasteiger partial charge on any atom is 0.264 e. The molecule has 27 heavy (non-hydrogen) atoms. The molecule has 2 aliphatic rings. The van der Waals surface area contributed by atoms with Gasteiger partial charge in [0.1, 0.15) is 0 Å². The van der Waals surface area contributed by atoms with Crippen LogP contribution in [0.3, 0.4) is 0 Å². The molecule has 2 aromatic carbocycles. The van der Waals surface area contributed by atoms with Crippen molar-refractivity contribution in [3.05, 3.63) is 52.5 Å². The molecule has 0 aromatic heterocycles. The minimum atomic E-state index is -3.68. The molecule has 144 valence electrons. The summed E-state index contributed by atoms with van der Waals surface area (Å²) in [6.45, 7) is 1.40. The minimum absolute atomic E-state index is 0.215. The number of fused-ring (bicyclic) bond motifs is 1. The van der Waals surface area contributed by atoms with Crippen LogP contribution in [0.5, 0.6) is 0 Å². The van der Waals surface area contributed by atoms with Crippen molar-refractivity contribution in [3.63, 3.8) is 0 Å². The first-order valence-corrected chi connectivity index (χ1v) is 12.4. The monoisotopic (exact) mass is 470 g/mol. The van der Waals surface area contributed by atoms with Crippen LogP contribution in [0, 0.1) is 0 Å². The van der Waals surface area contributed by atoms with Crippen molar-refractivity contribution in [1.82, 2.24) is 4.31 Å². The first-order chi connectivity index (χ1) is 12.8. The van der Waals surface area contributed by atoms with E-state index in [0.29, 0.717) is 31.7 Å². The minimum Gasteiger partial charge on any atom is -0.266 e. The second kappa shape index (κ2) is 6.88. The lowest BCUT2D eigenvalue weighted by atomic mass is 10.2. The second-order valence-corrected chi connectivity index (χ2v) is 11.4. The molecule has 0 spiro atoms. The van der Waals surface area contributed by atoms with Gasteiger partial charge in [0, 0.05) is 24.1 Å². The Labute approximate surface area is 168 Å². The van der Waals surface area contributed by atoms with Gasteiger partial charge >= 0.3 is 0 Å². The zero-order valence-electron chi connectivity index (χ0n) is 14.5. The molecule has 0 radical (unpaired) electrons. The summed E-state index contributed by atoms with van der Waals surface area (Å²) in [5, 5.41) is 0. The number of benzene rings is 2. The van der Waals surface area contributed by atoms with Gasteiger partial charge in [-0.15, -0.1) is 0 Å². The number of anilines is 1. The predicted molar refractivity (Wildman–Crippen MR) is 107 cm³/mol. The third kappa shape index (κ3) is 3.30. The lowest BCUT2D eigenvalue weighted by molar-refractivity contribution is 0.477. The van der Waals surface area contributed by atoms with Gasteiger partial charge in [0.25, 0.3) is 10.0 Å². The Morgan fingerprint density at radius 1 is 0.778 bits per heavy atom. The summed E-state index contributed by atoms with van der Waals surface area (Å²) in [7, 11) is -7.19. The van der Waals surface area contributed by atoms with E-state index in [4.69, 9.17) is 0 Å². The molecule has 2 heterocycles. The molecule has 0 unspecified atom stereocenters. The van der Waals surface area contributed by atoms with E-state index >= 15 is 0 Å². The Kier molecular flexibility index (Phi) is 4.82. The van der Waals surface area contributed by atoms with E-state index in [1.807, 2.05) is 0 Å². The van der Waals surface area contributed by atoms with Crippen molar-refractivity contribution in [2.24, 2.45) is 0 Å². The average Bonchev–Trinajstić information content (AvgIpc) is 3.32. The van der Waals surface area contributed by atoms with Crippen LogP contribution in [0.4, 0.5) is 5.69 Å². The molecule has 1 fully saturated rings. The van der Waals surface area contributed by atoms with Gasteiger partial charge in [-0.2, -0.15) is 4.31 Å². The van der Waals surface area contributed by atoms with E-state index < -0.39 is 20.0 Å². The molecule has 0 N–H and O–H groups in total. The number of hydrogen-bond donors (Lipinski definition) is 0. The van der Waals surface area contributed by atoms with Gasteiger partial charge in [0.2, 0.25) is 10.0 Å².